The Bertz CT molecular complexity index is 588. The highest BCUT2D eigenvalue weighted by Gasteiger charge is 2.42. The summed E-state index contributed by atoms with van der Waals surface area (Å²) in [5, 5.41) is 9.23. The van der Waals surface area contributed by atoms with Crippen LogP contribution < -0.4 is 4.74 Å². The maximum atomic E-state index is 12.4. The second-order valence-electron chi connectivity index (χ2n) is 6.18. The first-order valence-corrected chi connectivity index (χ1v) is 7.62. The van der Waals surface area contributed by atoms with Crippen molar-refractivity contribution in [3.63, 3.8) is 0 Å². The highest BCUT2D eigenvalue weighted by atomic mass is 16.5. The number of rotatable bonds is 6. The molecule has 0 radical (unpaired) electrons. The van der Waals surface area contributed by atoms with Crippen molar-refractivity contribution in [1.82, 2.24) is 4.90 Å². The van der Waals surface area contributed by atoms with E-state index in [2.05, 4.69) is 0 Å². The van der Waals surface area contributed by atoms with Crippen molar-refractivity contribution in [3.8, 4) is 5.75 Å². The molecule has 1 aromatic carbocycles. The first kappa shape index (κ1) is 17.3. The van der Waals surface area contributed by atoms with Gasteiger partial charge in [0.2, 0.25) is 0 Å². The highest BCUT2D eigenvalue weighted by molar-refractivity contribution is 5.83. The minimum Gasteiger partial charge on any atom is -0.497 e. The van der Waals surface area contributed by atoms with E-state index in [4.69, 9.17) is 9.47 Å². The number of carbonyl (C=O) groups is 2. The van der Waals surface area contributed by atoms with Crippen molar-refractivity contribution in [1.29, 1.82) is 0 Å². The maximum Gasteiger partial charge on any atom is 0.311 e. The predicted octanol–water partition coefficient (Wildman–Crippen LogP) is 1.92. The lowest BCUT2D eigenvalue weighted by Crippen LogP contribution is -2.40. The van der Waals surface area contributed by atoms with Crippen LogP contribution in [0.15, 0.2) is 24.3 Å². The second-order valence-corrected chi connectivity index (χ2v) is 6.18. The molecule has 0 aromatic heterocycles. The molecule has 1 aliphatic rings. The summed E-state index contributed by atoms with van der Waals surface area (Å²) in [5.41, 5.74) is 0.0585. The van der Waals surface area contributed by atoms with Gasteiger partial charge in [-0.15, -0.1) is 0 Å². The number of methoxy groups -OCH3 is 1. The number of amides is 1. The van der Waals surface area contributed by atoms with E-state index in [-0.39, 0.29) is 12.5 Å². The van der Waals surface area contributed by atoms with Gasteiger partial charge in [0, 0.05) is 13.1 Å². The molecule has 0 aliphatic carbocycles. The van der Waals surface area contributed by atoms with E-state index in [1.165, 1.54) is 0 Å². The third-order valence-electron chi connectivity index (χ3n) is 4.28. The maximum absolute atomic E-state index is 12.4. The van der Waals surface area contributed by atoms with Gasteiger partial charge in [0.1, 0.15) is 11.9 Å². The van der Waals surface area contributed by atoms with Crippen LogP contribution in [0, 0.1) is 5.41 Å². The van der Waals surface area contributed by atoms with Gasteiger partial charge in [0.15, 0.2) is 0 Å². The van der Waals surface area contributed by atoms with Crippen molar-refractivity contribution >= 4 is 11.9 Å². The van der Waals surface area contributed by atoms with Gasteiger partial charge in [-0.3, -0.25) is 9.59 Å². The smallest absolute Gasteiger partial charge is 0.311 e. The van der Waals surface area contributed by atoms with E-state index in [9.17, 15) is 14.7 Å². The minimum absolute atomic E-state index is 0.169. The number of carboxylic acids is 1. The molecule has 0 bridgehead atoms. The highest BCUT2D eigenvalue weighted by Crippen LogP contribution is 2.30. The lowest BCUT2D eigenvalue weighted by Gasteiger charge is -2.23. The van der Waals surface area contributed by atoms with Crippen LogP contribution in [-0.2, 0) is 20.9 Å². The van der Waals surface area contributed by atoms with Crippen molar-refractivity contribution in [2.45, 2.75) is 33.0 Å². The number of ether oxygens (including phenoxy) is 2. The molecular weight excluding hydrogens is 298 g/mol. The fourth-order valence-corrected chi connectivity index (χ4v) is 2.64. The Hall–Kier alpha value is -2.08. The molecule has 126 valence electrons. The molecule has 0 spiro atoms. The third-order valence-corrected chi connectivity index (χ3v) is 4.28. The van der Waals surface area contributed by atoms with Crippen molar-refractivity contribution < 1.29 is 24.2 Å². The van der Waals surface area contributed by atoms with E-state index in [0.717, 1.165) is 11.3 Å². The van der Waals surface area contributed by atoms with E-state index in [1.54, 1.807) is 25.9 Å². The van der Waals surface area contributed by atoms with Gasteiger partial charge in [-0.1, -0.05) is 12.1 Å². The number of aliphatic carboxylic acids is 1. The molecule has 1 amide bonds. The summed E-state index contributed by atoms with van der Waals surface area (Å²) in [4.78, 5) is 25.2. The molecule has 1 saturated heterocycles. The summed E-state index contributed by atoms with van der Waals surface area (Å²) in [6.07, 6.45) is -0.145. The molecule has 6 heteroatoms. The summed E-state index contributed by atoms with van der Waals surface area (Å²) >= 11 is 0. The van der Waals surface area contributed by atoms with Gasteiger partial charge >= 0.3 is 5.97 Å². The first-order valence-electron chi connectivity index (χ1n) is 7.62. The number of carbonyl (C=O) groups excluding carboxylic acids is 1. The minimum atomic E-state index is -0.863. The van der Waals surface area contributed by atoms with Crippen molar-refractivity contribution in [2.24, 2.45) is 5.41 Å². The van der Waals surface area contributed by atoms with Crippen LogP contribution in [0.4, 0.5) is 0 Å². The van der Waals surface area contributed by atoms with Crippen LogP contribution in [0.25, 0.3) is 0 Å². The summed E-state index contributed by atoms with van der Waals surface area (Å²) in [6, 6.07) is 7.46. The average molecular weight is 321 g/mol. The zero-order chi connectivity index (χ0) is 17.0. The molecule has 1 heterocycles. The van der Waals surface area contributed by atoms with Crippen molar-refractivity contribution in [2.75, 3.05) is 20.2 Å². The summed E-state index contributed by atoms with van der Waals surface area (Å²) in [5.74, 6) is -0.294. The Morgan fingerprint density at radius 1 is 1.43 bits per heavy atom. The van der Waals surface area contributed by atoms with Crippen LogP contribution in [0.2, 0.25) is 0 Å². The zero-order valence-electron chi connectivity index (χ0n) is 13.7. The molecule has 1 fully saturated rings. The topological polar surface area (TPSA) is 76.1 Å². The Kier molecular flexibility index (Phi) is 5.26. The molecule has 1 aliphatic heterocycles. The van der Waals surface area contributed by atoms with Gasteiger partial charge < -0.3 is 19.5 Å². The van der Waals surface area contributed by atoms with Gasteiger partial charge in [-0.25, -0.2) is 0 Å². The molecule has 23 heavy (non-hydrogen) atoms. The fraction of sp³-hybridized carbons (Fsp3) is 0.529. The van der Waals surface area contributed by atoms with Gasteiger partial charge in [-0.05, 0) is 38.0 Å². The van der Waals surface area contributed by atoms with Gasteiger partial charge in [0.05, 0.1) is 19.1 Å². The molecule has 2 atom stereocenters. The quantitative estimate of drug-likeness (QED) is 0.866. The molecule has 0 saturated carbocycles. The van der Waals surface area contributed by atoms with Gasteiger partial charge in [0.25, 0.3) is 5.91 Å². The van der Waals surface area contributed by atoms with E-state index in [1.807, 2.05) is 24.3 Å². The molecule has 1 aromatic rings. The van der Waals surface area contributed by atoms with E-state index >= 15 is 0 Å². The number of carboxylic acid groups (broad SMARTS) is 1. The molecule has 0 unspecified atom stereocenters. The number of hydrogen-bond acceptors (Lipinski definition) is 4. The molecule has 2 rings (SSSR count). The van der Waals surface area contributed by atoms with Gasteiger partial charge in [-0.2, -0.15) is 0 Å². The molecule has 6 nitrogen and oxygen atoms in total. The Morgan fingerprint density at radius 3 is 2.78 bits per heavy atom. The van der Waals surface area contributed by atoms with E-state index < -0.39 is 17.5 Å². The summed E-state index contributed by atoms with van der Waals surface area (Å²) in [7, 11) is 1.60. The average Bonchev–Trinajstić information content (AvgIpc) is 2.96. The normalized spacial score (nSPS) is 22.0. The Balaban J connectivity index is 1.89. The van der Waals surface area contributed by atoms with Crippen molar-refractivity contribution in [3.05, 3.63) is 29.8 Å². The van der Waals surface area contributed by atoms with E-state index in [0.29, 0.717) is 19.6 Å². The fourth-order valence-electron chi connectivity index (χ4n) is 2.64. The lowest BCUT2D eigenvalue weighted by molar-refractivity contribution is -0.148. The lowest BCUT2D eigenvalue weighted by atomic mass is 9.90. The molecular formula is C17H23NO5. The summed E-state index contributed by atoms with van der Waals surface area (Å²) in [6.45, 7) is 4.35. The zero-order valence-corrected chi connectivity index (χ0v) is 13.7. The first-order chi connectivity index (χ1) is 10.9. The van der Waals surface area contributed by atoms with Crippen LogP contribution in [0.1, 0.15) is 25.8 Å². The number of hydrogen-bond donors (Lipinski definition) is 1. The number of likely N-dealkylation sites (tertiary alicyclic amines) is 1. The second kappa shape index (κ2) is 7.00. The number of benzene rings is 1. The largest absolute Gasteiger partial charge is 0.497 e. The monoisotopic (exact) mass is 321 g/mol. The Morgan fingerprint density at radius 2 is 2.17 bits per heavy atom. The Labute approximate surface area is 136 Å². The van der Waals surface area contributed by atoms with Crippen LogP contribution in [-0.4, -0.2) is 48.2 Å². The SMILES string of the molecule is COc1cccc(CO[C@H](C)C(=O)N2CC[C@@](C)(C(=O)O)C2)c1. The van der Waals surface area contributed by atoms with Crippen LogP contribution >= 0.6 is 0 Å². The molecule has 1 N–H and O–H groups in total. The third kappa shape index (κ3) is 4.01. The van der Waals surface area contributed by atoms with Crippen LogP contribution in [0.3, 0.4) is 0 Å². The standard InChI is InChI=1S/C17H23NO5/c1-12(23-10-13-5-4-6-14(9-13)22-3)15(19)18-8-7-17(2,11-18)16(20)21/h4-6,9,12H,7-8,10-11H2,1-3H3,(H,20,21)/t12-,17-/m1/s1. The summed E-state index contributed by atoms with van der Waals surface area (Å²) < 4.78 is 10.8. The number of nitrogens with zero attached hydrogens (tertiary/aromatic N) is 1. The predicted molar refractivity (Wildman–Crippen MR) is 84.2 cm³/mol. The van der Waals surface area contributed by atoms with Crippen LogP contribution in [0.5, 0.6) is 5.75 Å².